The van der Waals surface area contributed by atoms with E-state index in [2.05, 4.69) is 15.0 Å². The number of para-hydroxylation sites is 1. The highest BCUT2D eigenvalue weighted by Crippen LogP contribution is 2.53. The van der Waals surface area contributed by atoms with E-state index in [1.165, 1.54) is 30.5 Å². The maximum Gasteiger partial charge on any atom is 0.302 e. The summed E-state index contributed by atoms with van der Waals surface area (Å²) >= 11 is 0. The number of hydrogen-bond acceptors (Lipinski definition) is 18. The van der Waals surface area contributed by atoms with Crippen molar-refractivity contribution in [2.24, 2.45) is 26.6 Å². The molecule has 9 rings (SSSR count). The summed E-state index contributed by atoms with van der Waals surface area (Å²) in [5.74, 6) is -5.11. The molecule has 3 aromatic rings. The van der Waals surface area contributed by atoms with Crippen LogP contribution in [-0.4, -0.2) is 134 Å². The standard InChI is InChI=1S/C43H41N5O14/c44-41-46-37-32(38(55)47-41)45-19-48(37)29-4-2-1-3-24(29)23-9-12-59-18-30-42(57)10-7-21(16-51)43(58,39(42)56)40(61-30)62-35-27(23)14-28-31(36(35)60-17-22(52)8-11-49)34(54)26-13-20(15-50)5-6-25(26)33(28)53/h1-6,9,11-14,21-23,30,39-40,50-52,56-58H,7-8,10,15-19H2,(H2,44,47,55). The number of ketones is 2. The van der Waals surface area contributed by atoms with E-state index in [0.717, 1.165) is 0 Å². The first kappa shape index (κ1) is 41.2. The minimum Gasteiger partial charge on any atom is -0.499 e. The highest BCUT2D eigenvalue weighted by molar-refractivity contribution is 6.72. The van der Waals surface area contributed by atoms with Gasteiger partial charge in [-0.05, 0) is 54.3 Å². The predicted octanol–water partition coefficient (Wildman–Crippen LogP) is -0.240. The lowest BCUT2D eigenvalue weighted by atomic mass is 9.62. The van der Waals surface area contributed by atoms with Crippen molar-refractivity contribution in [3.05, 3.63) is 99.8 Å². The van der Waals surface area contributed by atoms with Gasteiger partial charge in [-0.2, -0.15) is 9.98 Å². The minimum absolute atomic E-state index is 0.0167. The largest absolute Gasteiger partial charge is 0.499 e. The van der Waals surface area contributed by atoms with Gasteiger partial charge in [0.15, 0.2) is 40.2 Å². The van der Waals surface area contributed by atoms with Crippen molar-refractivity contribution in [2.75, 3.05) is 31.4 Å². The summed E-state index contributed by atoms with van der Waals surface area (Å²) < 4.78 is 25.3. The third-order valence-electron chi connectivity index (χ3n) is 12.4. The van der Waals surface area contributed by atoms with E-state index in [9.17, 15) is 49.8 Å². The third-order valence-corrected chi connectivity index (χ3v) is 12.4. The fourth-order valence-corrected chi connectivity index (χ4v) is 9.16. The van der Waals surface area contributed by atoms with Gasteiger partial charge in [-0.1, -0.05) is 24.3 Å². The van der Waals surface area contributed by atoms with E-state index in [1.54, 1.807) is 35.2 Å². The SMILES string of the molecule is NC1=NC(=O)C2=NCN(c3ccccc3C3C=COCC4OC(Oc5c3cc3c(c5OCC(O)CC=O)C(=O)c5cc(CO)ccc5C3=O)C3(O)C(CO)CCC4(O)C3O)C2=N1. The molecule has 8 N–H and O–H groups in total. The molecule has 0 radical (unpaired) electrons. The van der Waals surface area contributed by atoms with Gasteiger partial charge < -0.3 is 65.0 Å². The van der Waals surface area contributed by atoms with Crippen LogP contribution in [0.25, 0.3) is 0 Å². The van der Waals surface area contributed by atoms with Gasteiger partial charge in [-0.15, -0.1) is 0 Å². The molecule has 1 saturated heterocycles. The lowest BCUT2D eigenvalue weighted by Crippen LogP contribution is -2.78. The van der Waals surface area contributed by atoms with Crippen molar-refractivity contribution in [3.63, 3.8) is 0 Å². The summed E-state index contributed by atoms with van der Waals surface area (Å²) in [6.45, 7) is -2.17. The lowest BCUT2D eigenvalue weighted by molar-refractivity contribution is -0.381. The number of ether oxygens (including phenoxy) is 4. The zero-order chi connectivity index (χ0) is 43.7. The van der Waals surface area contributed by atoms with Crippen LogP contribution in [0.2, 0.25) is 0 Å². The molecule has 8 unspecified atom stereocenters. The summed E-state index contributed by atoms with van der Waals surface area (Å²) in [4.78, 5) is 67.7. The number of rotatable bonds is 9. The van der Waals surface area contributed by atoms with Gasteiger partial charge in [-0.25, -0.2) is 0 Å². The highest BCUT2D eigenvalue weighted by atomic mass is 16.7. The Morgan fingerprint density at radius 3 is 2.60 bits per heavy atom. The quantitative estimate of drug-likeness (QED) is 0.107. The van der Waals surface area contributed by atoms with Crippen LogP contribution >= 0.6 is 0 Å². The van der Waals surface area contributed by atoms with E-state index < -0.39 is 90.7 Å². The van der Waals surface area contributed by atoms with Crippen LogP contribution in [0, 0.1) is 5.92 Å². The molecule has 3 aromatic carbocycles. The van der Waals surface area contributed by atoms with Gasteiger partial charge in [0.05, 0.1) is 24.5 Å². The van der Waals surface area contributed by atoms with Crippen LogP contribution in [0.1, 0.15) is 73.7 Å². The topological polar surface area (TPSA) is 293 Å². The summed E-state index contributed by atoms with van der Waals surface area (Å²) in [5.41, 5.74) is 2.06. The summed E-state index contributed by atoms with van der Waals surface area (Å²) in [6.07, 6.45) is -3.72. The number of carbonyl (C=O) groups excluding carboxylic acids is 4. The minimum atomic E-state index is -2.51. The number of aliphatic hydroxyl groups is 6. The number of aliphatic hydroxyl groups excluding tert-OH is 4. The highest BCUT2D eigenvalue weighted by Gasteiger charge is 2.69. The van der Waals surface area contributed by atoms with Crippen LogP contribution in [0.5, 0.6) is 11.5 Å². The number of benzene rings is 3. The molecular weight excluding hydrogens is 810 g/mol. The van der Waals surface area contributed by atoms with Gasteiger partial charge in [0.2, 0.25) is 12.2 Å². The summed E-state index contributed by atoms with van der Waals surface area (Å²) in [7, 11) is 0. The number of nitrogens with two attached hydrogens (primary N) is 1. The fraction of sp³-hybridized carbons (Fsp3) is 0.372. The average Bonchev–Trinajstić information content (AvgIpc) is 3.68. The molecule has 0 spiro atoms. The number of fused-ring (bicyclic) bond motifs is 10. The van der Waals surface area contributed by atoms with Crippen LogP contribution in [0.4, 0.5) is 5.69 Å². The first-order valence-corrected chi connectivity index (χ1v) is 19.8. The van der Waals surface area contributed by atoms with Crippen molar-refractivity contribution in [2.45, 2.75) is 67.6 Å². The van der Waals surface area contributed by atoms with Crippen LogP contribution < -0.4 is 20.1 Å². The monoisotopic (exact) mass is 851 g/mol. The number of amides is 1. The Kier molecular flexibility index (Phi) is 10.4. The first-order valence-electron chi connectivity index (χ1n) is 19.8. The lowest BCUT2D eigenvalue weighted by Gasteiger charge is -2.59. The number of amidine groups is 1. The number of allylic oxidation sites excluding steroid dienone is 1. The Morgan fingerprint density at radius 1 is 1.02 bits per heavy atom. The maximum absolute atomic E-state index is 14.8. The molecule has 4 bridgehead atoms. The number of aliphatic imine (C=N–C) groups is 3. The van der Waals surface area contributed by atoms with Gasteiger partial charge >= 0.3 is 5.91 Å². The number of carbonyl (C=O) groups is 4. The van der Waals surface area contributed by atoms with E-state index >= 15 is 0 Å². The van der Waals surface area contributed by atoms with Gasteiger partial charge in [0, 0.05) is 52.8 Å². The van der Waals surface area contributed by atoms with Crippen LogP contribution in [0.15, 0.2) is 75.8 Å². The Balaban J connectivity index is 1.32. The molecule has 1 amide bonds. The molecule has 19 nitrogen and oxygen atoms in total. The Morgan fingerprint density at radius 2 is 1.82 bits per heavy atom. The molecule has 2 fully saturated rings. The third kappa shape index (κ3) is 6.34. The number of hydrogen-bond donors (Lipinski definition) is 7. The Hall–Kier alpha value is -6.19. The zero-order valence-electron chi connectivity index (χ0n) is 32.8. The maximum atomic E-state index is 14.8. The molecule has 0 aromatic heterocycles. The second kappa shape index (κ2) is 15.6. The first-order chi connectivity index (χ1) is 29.8. The summed E-state index contributed by atoms with van der Waals surface area (Å²) in [5, 5.41) is 67.5. The molecule has 322 valence electrons. The van der Waals surface area contributed by atoms with Crippen LogP contribution in [-0.2, 0) is 25.7 Å². The van der Waals surface area contributed by atoms with Crippen molar-refractivity contribution in [3.8, 4) is 11.5 Å². The molecule has 4 aliphatic heterocycles. The normalized spacial score (nSPS) is 29.0. The van der Waals surface area contributed by atoms with Gasteiger partial charge in [-0.3, -0.25) is 19.4 Å². The van der Waals surface area contributed by atoms with Crippen molar-refractivity contribution >= 4 is 47.0 Å². The molecule has 1 saturated carbocycles. The zero-order valence-corrected chi connectivity index (χ0v) is 32.8. The van der Waals surface area contributed by atoms with E-state index in [1.807, 2.05) is 0 Å². The second-order valence-corrected chi connectivity index (χ2v) is 15.9. The molecule has 4 heterocycles. The van der Waals surface area contributed by atoms with Gasteiger partial charge in [0.1, 0.15) is 44.0 Å². The van der Waals surface area contributed by atoms with Gasteiger partial charge in [0.25, 0.3) is 0 Å². The molecule has 19 heteroatoms. The fourth-order valence-electron chi connectivity index (χ4n) is 9.16. The predicted molar refractivity (Wildman–Crippen MR) is 215 cm³/mol. The molecule has 62 heavy (non-hydrogen) atoms. The molecular formula is C43H41N5O14. The van der Waals surface area contributed by atoms with E-state index in [-0.39, 0.29) is 83.6 Å². The Labute approximate surface area is 352 Å². The number of guanidine groups is 1. The molecule has 8 atom stereocenters. The number of anilines is 1. The van der Waals surface area contributed by atoms with Crippen LogP contribution in [0.3, 0.4) is 0 Å². The number of nitrogens with zero attached hydrogens (tertiary/aromatic N) is 4. The van der Waals surface area contributed by atoms with E-state index in [4.69, 9.17) is 24.7 Å². The van der Waals surface area contributed by atoms with Crippen molar-refractivity contribution < 1.29 is 68.8 Å². The summed E-state index contributed by atoms with van der Waals surface area (Å²) in [6, 6.07) is 12.6. The average molecular weight is 852 g/mol. The van der Waals surface area contributed by atoms with Crippen molar-refractivity contribution in [1.82, 2.24) is 0 Å². The number of aldehydes is 1. The van der Waals surface area contributed by atoms with Crippen molar-refractivity contribution in [1.29, 1.82) is 0 Å². The smallest absolute Gasteiger partial charge is 0.302 e. The molecule has 6 aliphatic rings. The van der Waals surface area contributed by atoms with E-state index in [0.29, 0.717) is 23.1 Å². The second-order valence-electron chi connectivity index (χ2n) is 15.9. The molecule has 2 aliphatic carbocycles. The Bertz CT molecular complexity index is 2540.